The molecule has 1 rings (SSSR count). The summed E-state index contributed by atoms with van der Waals surface area (Å²) < 4.78 is 29.3. The molecule has 1 aliphatic rings. The lowest BCUT2D eigenvalue weighted by Crippen LogP contribution is -2.43. The number of esters is 3. The van der Waals surface area contributed by atoms with E-state index in [4.69, 9.17) is 23.7 Å². The summed E-state index contributed by atoms with van der Waals surface area (Å²) in [6, 6.07) is 0.431. The summed E-state index contributed by atoms with van der Waals surface area (Å²) >= 11 is 0. The van der Waals surface area contributed by atoms with Crippen molar-refractivity contribution in [2.75, 3.05) is 65.9 Å². The van der Waals surface area contributed by atoms with Crippen LogP contribution in [0.15, 0.2) is 0 Å². The van der Waals surface area contributed by atoms with E-state index >= 15 is 0 Å². The van der Waals surface area contributed by atoms with Gasteiger partial charge in [0.25, 0.3) is 0 Å². The Morgan fingerprint density at radius 1 is 0.446 bits per heavy atom. The van der Waals surface area contributed by atoms with Gasteiger partial charge in [0.1, 0.15) is 0 Å². The minimum Gasteiger partial charge on any atom is -0.465 e. The standard InChI is InChI=1S/C55H105NO9/c1-5-9-13-17-21-25-30-49(31-26-22-18-14-10-6-2)46-63-54(59)37-42-61-44-51(48-65-53(58)36-39-56(40-41-57)52-34-29-35-52)45-62-43-38-55(60)64-47-50(32-27-23-19-15-11-7-3)33-28-24-20-16-12-8-4/h49-52,57H,5-48H2,1-4H3. The van der Waals surface area contributed by atoms with Crippen LogP contribution in [-0.4, -0.2) is 99.9 Å². The van der Waals surface area contributed by atoms with Crippen molar-refractivity contribution < 1.29 is 43.2 Å². The Kier molecular flexibility index (Phi) is 43.4. The van der Waals surface area contributed by atoms with Crippen LogP contribution in [0.5, 0.6) is 0 Å². The van der Waals surface area contributed by atoms with Crippen LogP contribution >= 0.6 is 0 Å². The normalized spacial score (nSPS) is 13.1. The largest absolute Gasteiger partial charge is 0.465 e. The van der Waals surface area contributed by atoms with Gasteiger partial charge in [-0.3, -0.25) is 19.3 Å². The van der Waals surface area contributed by atoms with Gasteiger partial charge in [0, 0.05) is 25.0 Å². The van der Waals surface area contributed by atoms with E-state index in [1.807, 2.05) is 0 Å². The molecule has 0 heterocycles. The smallest absolute Gasteiger partial charge is 0.308 e. The number of ether oxygens (including phenoxy) is 5. The molecule has 0 spiro atoms. The van der Waals surface area contributed by atoms with Gasteiger partial charge in [0.15, 0.2) is 0 Å². The minimum atomic E-state index is -0.294. The van der Waals surface area contributed by atoms with E-state index in [9.17, 15) is 19.5 Å². The summed E-state index contributed by atoms with van der Waals surface area (Å²) in [4.78, 5) is 40.8. The first-order valence-corrected chi connectivity index (χ1v) is 27.8. The lowest BCUT2D eigenvalue weighted by atomic mass is 9.91. The molecule has 0 amide bonds. The van der Waals surface area contributed by atoms with Crippen LogP contribution in [-0.2, 0) is 38.1 Å². The quantitative estimate of drug-likeness (QED) is 0.0359. The SMILES string of the molecule is CCCCCCCCC(CCCCCCCC)COC(=O)CCOCC(COCCC(=O)OCC(CCCCCCCC)CCCCCCCC)COC(=O)CCN(CCO)C1CCC1. The maximum atomic E-state index is 12.9. The number of hydrogen-bond donors (Lipinski definition) is 1. The van der Waals surface area contributed by atoms with Crippen molar-refractivity contribution in [3.05, 3.63) is 0 Å². The molecule has 0 aromatic carbocycles. The summed E-state index contributed by atoms with van der Waals surface area (Å²) in [5, 5.41) is 9.53. The molecule has 0 aromatic heterocycles. The van der Waals surface area contributed by atoms with E-state index in [2.05, 4.69) is 32.6 Å². The van der Waals surface area contributed by atoms with Crippen LogP contribution < -0.4 is 0 Å². The van der Waals surface area contributed by atoms with E-state index in [0.29, 0.717) is 44.2 Å². The molecule has 0 aromatic rings. The van der Waals surface area contributed by atoms with Gasteiger partial charge in [-0.1, -0.05) is 188 Å². The Morgan fingerprint density at radius 2 is 0.785 bits per heavy atom. The topological polar surface area (TPSA) is 121 Å². The summed E-state index contributed by atoms with van der Waals surface area (Å²) in [6.45, 7) is 12.2. The molecular weight excluding hydrogens is 819 g/mol. The number of aliphatic hydroxyl groups is 1. The number of hydrogen-bond acceptors (Lipinski definition) is 10. The zero-order chi connectivity index (χ0) is 47.3. The highest BCUT2D eigenvalue weighted by atomic mass is 16.6. The van der Waals surface area contributed by atoms with Crippen LogP contribution in [0, 0.1) is 17.8 Å². The summed E-state index contributed by atoms with van der Waals surface area (Å²) in [6.07, 6.45) is 38.8. The molecule has 10 heteroatoms. The van der Waals surface area contributed by atoms with Crippen molar-refractivity contribution in [3.63, 3.8) is 0 Å². The van der Waals surface area contributed by atoms with Gasteiger partial charge in [-0.15, -0.1) is 0 Å². The molecule has 384 valence electrons. The molecule has 0 saturated heterocycles. The summed E-state index contributed by atoms with van der Waals surface area (Å²) in [7, 11) is 0. The Bertz CT molecular complexity index is 980. The zero-order valence-electron chi connectivity index (χ0n) is 43.1. The fraction of sp³-hybridized carbons (Fsp3) is 0.945. The molecule has 0 aliphatic heterocycles. The van der Waals surface area contributed by atoms with Crippen molar-refractivity contribution in [2.45, 2.75) is 252 Å². The van der Waals surface area contributed by atoms with Gasteiger partial charge >= 0.3 is 17.9 Å². The van der Waals surface area contributed by atoms with Crippen LogP contribution in [0.4, 0.5) is 0 Å². The Hall–Kier alpha value is -1.75. The molecule has 0 atom stereocenters. The maximum absolute atomic E-state index is 12.9. The number of carbonyl (C=O) groups excluding carboxylic acids is 3. The van der Waals surface area contributed by atoms with E-state index in [0.717, 1.165) is 38.5 Å². The predicted octanol–water partition coefficient (Wildman–Crippen LogP) is 13.5. The van der Waals surface area contributed by atoms with Crippen LogP contribution in [0.3, 0.4) is 0 Å². The molecule has 10 nitrogen and oxygen atoms in total. The number of unbranched alkanes of at least 4 members (excludes halogenated alkanes) is 20. The van der Waals surface area contributed by atoms with Crippen LogP contribution in [0.2, 0.25) is 0 Å². The van der Waals surface area contributed by atoms with Gasteiger partial charge in [0.05, 0.1) is 72.1 Å². The molecule has 1 fully saturated rings. The first-order valence-electron chi connectivity index (χ1n) is 27.8. The fourth-order valence-electron chi connectivity index (χ4n) is 8.87. The van der Waals surface area contributed by atoms with Gasteiger partial charge in [-0.05, 0) is 50.4 Å². The number of carbonyl (C=O) groups is 3. The van der Waals surface area contributed by atoms with Crippen molar-refractivity contribution in [1.29, 1.82) is 0 Å². The van der Waals surface area contributed by atoms with Crippen molar-refractivity contribution in [1.82, 2.24) is 4.90 Å². The summed E-state index contributed by atoms with van der Waals surface area (Å²) in [5.41, 5.74) is 0. The van der Waals surface area contributed by atoms with Crippen molar-refractivity contribution >= 4 is 17.9 Å². The molecule has 0 radical (unpaired) electrons. The highest BCUT2D eigenvalue weighted by molar-refractivity contribution is 5.70. The second kappa shape index (κ2) is 46.0. The monoisotopic (exact) mass is 924 g/mol. The van der Waals surface area contributed by atoms with E-state index in [1.165, 1.54) is 161 Å². The van der Waals surface area contributed by atoms with Crippen molar-refractivity contribution in [2.24, 2.45) is 17.8 Å². The van der Waals surface area contributed by atoms with Gasteiger partial charge in [0.2, 0.25) is 0 Å². The molecular formula is C55H105NO9. The number of rotatable bonds is 50. The highest BCUT2D eigenvalue weighted by Gasteiger charge is 2.25. The van der Waals surface area contributed by atoms with E-state index < -0.39 is 0 Å². The Balaban J connectivity index is 2.64. The molecule has 65 heavy (non-hydrogen) atoms. The first-order chi connectivity index (χ1) is 31.9. The van der Waals surface area contributed by atoms with Gasteiger partial charge in [-0.25, -0.2) is 0 Å². The third-order valence-corrected chi connectivity index (χ3v) is 13.5. The Labute approximate surface area is 400 Å². The third-order valence-electron chi connectivity index (χ3n) is 13.5. The fourth-order valence-corrected chi connectivity index (χ4v) is 8.87. The lowest BCUT2D eigenvalue weighted by molar-refractivity contribution is -0.147. The molecule has 0 bridgehead atoms. The predicted molar refractivity (Wildman–Crippen MR) is 267 cm³/mol. The Morgan fingerprint density at radius 3 is 1.12 bits per heavy atom. The first kappa shape index (κ1) is 61.3. The highest BCUT2D eigenvalue weighted by Crippen LogP contribution is 2.25. The van der Waals surface area contributed by atoms with E-state index in [-0.39, 0.29) is 82.7 Å². The summed E-state index contributed by atoms with van der Waals surface area (Å²) in [5.74, 6) is -0.211. The number of aliphatic hydroxyl groups excluding tert-OH is 1. The number of nitrogens with zero attached hydrogens (tertiary/aromatic N) is 1. The van der Waals surface area contributed by atoms with Crippen LogP contribution in [0.1, 0.15) is 246 Å². The minimum absolute atomic E-state index is 0.0708. The average Bonchev–Trinajstić information content (AvgIpc) is 3.28. The van der Waals surface area contributed by atoms with Crippen molar-refractivity contribution in [3.8, 4) is 0 Å². The molecule has 1 N–H and O–H groups in total. The van der Waals surface area contributed by atoms with Gasteiger partial charge in [-0.2, -0.15) is 0 Å². The maximum Gasteiger partial charge on any atom is 0.308 e. The average molecular weight is 924 g/mol. The molecule has 0 unspecified atom stereocenters. The second-order valence-electron chi connectivity index (χ2n) is 19.6. The third kappa shape index (κ3) is 37.9. The van der Waals surface area contributed by atoms with Gasteiger partial charge < -0.3 is 28.8 Å². The molecule has 1 saturated carbocycles. The van der Waals surface area contributed by atoms with E-state index in [1.54, 1.807) is 0 Å². The van der Waals surface area contributed by atoms with Crippen LogP contribution in [0.25, 0.3) is 0 Å². The lowest BCUT2D eigenvalue weighted by Gasteiger charge is -2.37. The second-order valence-corrected chi connectivity index (χ2v) is 19.6. The zero-order valence-corrected chi connectivity index (χ0v) is 43.1. The molecule has 1 aliphatic carbocycles.